The molecule has 4 rings (SSSR count). The van der Waals surface area contributed by atoms with E-state index in [-0.39, 0.29) is 18.7 Å². The lowest BCUT2D eigenvalue weighted by Crippen LogP contribution is -2.30. The number of aliphatic hydroxyl groups is 1. The van der Waals surface area contributed by atoms with Crippen LogP contribution in [0.15, 0.2) is 59.0 Å². The van der Waals surface area contributed by atoms with E-state index in [1.807, 2.05) is 42.6 Å². The van der Waals surface area contributed by atoms with Crippen molar-refractivity contribution < 1.29 is 9.84 Å². The van der Waals surface area contributed by atoms with Gasteiger partial charge in [-0.15, -0.1) is 11.3 Å². The first-order valence-corrected chi connectivity index (χ1v) is 10.7. The van der Waals surface area contributed by atoms with Crippen LogP contribution in [0.4, 0.5) is 0 Å². The number of ether oxygens (including phenoxy) is 1. The molecule has 30 heavy (non-hydrogen) atoms. The summed E-state index contributed by atoms with van der Waals surface area (Å²) in [6, 6.07) is 13.8. The number of aliphatic hydroxyl groups excluding tert-OH is 1. The third-order valence-electron chi connectivity index (χ3n) is 5.22. The lowest BCUT2D eigenvalue weighted by atomic mass is 10.0. The maximum absolute atomic E-state index is 13.2. The second-order valence-corrected chi connectivity index (χ2v) is 8.47. The van der Waals surface area contributed by atoms with Gasteiger partial charge >= 0.3 is 0 Å². The van der Waals surface area contributed by atoms with E-state index in [1.54, 1.807) is 0 Å². The van der Waals surface area contributed by atoms with Gasteiger partial charge in [0.15, 0.2) is 0 Å². The van der Waals surface area contributed by atoms with Gasteiger partial charge in [-0.2, -0.15) is 0 Å². The molecule has 0 radical (unpaired) electrons. The van der Waals surface area contributed by atoms with Crippen LogP contribution >= 0.6 is 11.3 Å². The SMILES string of the molecule is Cc1cccc(OC[C@H](O)Cn2cnc3scc(-c4ccc(C)c(C)c4)c3c2=O)c1. The predicted molar refractivity (Wildman–Crippen MR) is 121 cm³/mol. The maximum Gasteiger partial charge on any atom is 0.262 e. The first-order valence-electron chi connectivity index (χ1n) is 9.84. The highest BCUT2D eigenvalue weighted by Crippen LogP contribution is 2.31. The molecule has 0 amide bonds. The molecule has 0 spiro atoms. The molecule has 0 saturated heterocycles. The van der Waals surface area contributed by atoms with E-state index >= 15 is 0 Å². The van der Waals surface area contributed by atoms with Gasteiger partial charge < -0.3 is 9.84 Å². The highest BCUT2D eigenvalue weighted by Gasteiger charge is 2.16. The van der Waals surface area contributed by atoms with Crippen LogP contribution in [-0.2, 0) is 6.54 Å². The van der Waals surface area contributed by atoms with Crippen molar-refractivity contribution in [3.05, 3.63) is 81.2 Å². The van der Waals surface area contributed by atoms with Gasteiger partial charge in [-0.05, 0) is 55.2 Å². The molecule has 2 heterocycles. The summed E-state index contributed by atoms with van der Waals surface area (Å²) < 4.78 is 7.13. The van der Waals surface area contributed by atoms with Crippen LogP contribution in [0.2, 0.25) is 0 Å². The van der Waals surface area contributed by atoms with Crippen LogP contribution < -0.4 is 10.3 Å². The summed E-state index contributed by atoms with van der Waals surface area (Å²) in [6.45, 7) is 6.34. The molecule has 4 aromatic rings. The van der Waals surface area contributed by atoms with Crippen LogP contribution in [0.5, 0.6) is 5.75 Å². The van der Waals surface area contributed by atoms with E-state index < -0.39 is 6.10 Å². The largest absolute Gasteiger partial charge is 0.491 e. The van der Waals surface area contributed by atoms with Crippen LogP contribution in [0.1, 0.15) is 16.7 Å². The Kier molecular flexibility index (Phi) is 5.70. The summed E-state index contributed by atoms with van der Waals surface area (Å²) in [5, 5.41) is 13.0. The van der Waals surface area contributed by atoms with Crippen molar-refractivity contribution >= 4 is 21.6 Å². The standard InChI is InChI=1S/C24H24N2O3S/c1-15-5-4-6-20(9-15)29-12-19(27)11-26-14-25-23-22(24(26)28)21(13-30-23)18-8-7-16(2)17(3)10-18/h4-10,13-14,19,27H,11-12H2,1-3H3/t19-/m1/s1. The maximum atomic E-state index is 13.2. The Balaban J connectivity index is 1.58. The van der Waals surface area contributed by atoms with E-state index in [2.05, 4.69) is 31.0 Å². The second kappa shape index (κ2) is 8.42. The number of thiophene rings is 1. The molecule has 6 heteroatoms. The zero-order valence-electron chi connectivity index (χ0n) is 17.3. The monoisotopic (exact) mass is 420 g/mol. The first kappa shape index (κ1) is 20.3. The molecule has 0 bridgehead atoms. The number of aromatic nitrogens is 2. The third-order valence-corrected chi connectivity index (χ3v) is 6.10. The summed E-state index contributed by atoms with van der Waals surface area (Å²) in [6.07, 6.45) is 0.674. The van der Waals surface area contributed by atoms with Crippen molar-refractivity contribution in [2.45, 2.75) is 33.4 Å². The molecule has 0 saturated carbocycles. The van der Waals surface area contributed by atoms with Crippen molar-refractivity contribution in [1.29, 1.82) is 0 Å². The highest BCUT2D eigenvalue weighted by molar-refractivity contribution is 7.17. The molecule has 154 valence electrons. The molecule has 5 nitrogen and oxygen atoms in total. The predicted octanol–water partition coefficient (Wildman–Crippen LogP) is 4.49. The van der Waals surface area contributed by atoms with Crippen LogP contribution in [0.3, 0.4) is 0 Å². The van der Waals surface area contributed by atoms with E-state index in [1.165, 1.54) is 33.4 Å². The van der Waals surface area contributed by atoms with E-state index in [0.29, 0.717) is 16.0 Å². The Hall–Kier alpha value is -2.96. The number of aryl methyl sites for hydroxylation is 3. The van der Waals surface area contributed by atoms with Gasteiger partial charge in [0.1, 0.15) is 23.3 Å². The van der Waals surface area contributed by atoms with Crippen molar-refractivity contribution in [3.8, 4) is 16.9 Å². The van der Waals surface area contributed by atoms with Gasteiger partial charge in [-0.25, -0.2) is 4.98 Å². The minimum atomic E-state index is -0.828. The number of benzene rings is 2. The smallest absolute Gasteiger partial charge is 0.262 e. The number of hydrogen-bond donors (Lipinski definition) is 1. The third kappa shape index (κ3) is 4.15. The fourth-order valence-corrected chi connectivity index (χ4v) is 4.30. The molecule has 0 aliphatic rings. The van der Waals surface area contributed by atoms with Gasteiger partial charge in [-0.1, -0.05) is 30.3 Å². The fraction of sp³-hybridized carbons (Fsp3) is 0.250. The van der Waals surface area contributed by atoms with E-state index in [4.69, 9.17) is 4.74 Å². The molecule has 0 fully saturated rings. The number of nitrogens with zero attached hydrogens (tertiary/aromatic N) is 2. The zero-order chi connectivity index (χ0) is 21.3. The molecule has 1 atom stereocenters. The Morgan fingerprint density at radius 3 is 2.73 bits per heavy atom. The zero-order valence-corrected chi connectivity index (χ0v) is 18.1. The van der Waals surface area contributed by atoms with Crippen molar-refractivity contribution in [2.75, 3.05) is 6.61 Å². The van der Waals surface area contributed by atoms with Gasteiger partial charge in [-0.3, -0.25) is 9.36 Å². The molecule has 0 unspecified atom stereocenters. The van der Waals surface area contributed by atoms with Crippen molar-refractivity contribution in [1.82, 2.24) is 9.55 Å². The normalized spacial score (nSPS) is 12.3. The lowest BCUT2D eigenvalue weighted by Gasteiger charge is -2.14. The van der Waals surface area contributed by atoms with Gasteiger partial charge in [0.05, 0.1) is 18.3 Å². The summed E-state index contributed by atoms with van der Waals surface area (Å²) in [7, 11) is 0. The number of hydrogen-bond acceptors (Lipinski definition) is 5. The number of rotatable bonds is 6. The second-order valence-electron chi connectivity index (χ2n) is 7.61. The summed E-state index contributed by atoms with van der Waals surface area (Å²) in [5.74, 6) is 0.699. The summed E-state index contributed by atoms with van der Waals surface area (Å²) in [5.41, 5.74) is 5.22. The Labute approximate surface area is 179 Å². The molecule has 0 aliphatic heterocycles. The van der Waals surface area contributed by atoms with Gasteiger partial charge in [0.25, 0.3) is 5.56 Å². The minimum Gasteiger partial charge on any atom is -0.491 e. The Morgan fingerprint density at radius 1 is 1.13 bits per heavy atom. The average molecular weight is 421 g/mol. The average Bonchev–Trinajstić information content (AvgIpc) is 3.16. The first-order chi connectivity index (χ1) is 14.4. The quantitative estimate of drug-likeness (QED) is 0.499. The van der Waals surface area contributed by atoms with Crippen LogP contribution in [-0.4, -0.2) is 27.4 Å². The van der Waals surface area contributed by atoms with E-state index in [9.17, 15) is 9.90 Å². The van der Waals surface area contributed by atoms with Crippen molar-refractivity contribution in [2.24, 2.45) is 0 Å². The Morgan fingerprint density at radius 2 is 1.97 bits per heavy atom. The topological polar surface area (TPSA) is 64.3 Å². The molecule has 1 N–H and O–H groups in total. The lowest BCUT2D eigenvalue weighted by molar-refractivity contribution is 0.0914. The summed E-state index contributed by atoms with van der Waals surface area (Å²) in [4.78, 5) is 18.3. The minimum absolute atomic E-state index is 0.0988. The van der Waals surface area contributed by atoms with Crippen molar-refractivity contribution in [3.63, 3.8) is 0 Å². The molecule has 0 aliphatic carbocycles. The number of fused-ring (bicyclic) bond motifs is 1. The molecular formula is C24H24N2O3S. The van der Waals surface area contributed by atoms with Crippen LogP contribution in [0, 0.1) is 20.8 Å². The Bertz CT molecular complexity index is 1260. The summed E-state index contributed by atoms with van der Waals surface area (Å²) >= 11 is 1.46. The molecule has 2 aromatic carbocycles. The fourth-order valence-electron chi connectivity index (χ4n) is 3.40. The highest BCUT2D eigenvalue weighted by atomic mass is 32.1. The molecule has 2 aromatic heterocycles. The van der Waals surface area contributed by atoms with Gasteiger partial charge in [0.2, 0.25) is 0 Å². The van der Waals surface area contributed by atoms with Gasteiger partial charge in [0, 0.05) is 10.9 Å². The van der Waals surface area contributed by atoms with Crippen LogP contribution in [0.25, 0.3) is 21.3 Å². The molecular weight excluding hydrogens is 396 g/mol. The van der Waals surface area contributed by atoms with E-state index in [0.717, 1.165) is 16.7 Å².